The van der Waals surface area contributed by atoms with Crippen molar-refractivity contribution < 1.29 is 18.4 Å². The molecular weight excluding hydrogens is 282 g/mol. The summed E-state index contributed by atoms with van der Waals surface area (Å²) in [6.45, 7) is -0.314. The highest BCUT2D eigenvalue weighted by atomic mass is 19.1. The number of hydrogen-bond acceptors (Lipinski definition) is 4. The molecule has 0 saturated heterocycles. The van der Waals surface area contributed by atoms with E-state index in [1.807, 2.05) is 0 Å². The summed E-state index contributed by atoms with van der Waals surface area (Å²) < 4.78 is 32.5. The molecule has 0 spiro atoms. The average Bonchev–Trinajstić information content (AvgIpc) is 2.46. The minimum Gasteiger partial charge on any atom is -0.483 e. The van der Waals surface area contributed by atoms with Crippen molar-refractivity contribution in [2.75, 3.05) is 0 Å². The highest BCUT2D eigenvalue weighted by Crippen LogP contribution is 2.26. The van der Waals surface area contributed by atoms with E-state index in [1.165, 1.54) is 18.2 Å². The summed E-state index contributed by atoms with van der Waals surface area (Å²) in [5.41, 5.74) is 5.66. The summed E-state index contributed by atoms with van der Waals surface area (Å²) in [4.78, 5) is 10.3. The molecule has 0 fully saturated rings. The number of benzene rings is 2. The van der Waals surface area contributed by atoms with Gasteiger partial charge in [0.05, 0.1) is 10.5 Å². The molecule has 0 aliphatic carbocycles. The number of rotatable bonds is 5. The molecule has 0 saturated carbocycles. The van der Waals surface area contributed by atoms with E-state index in [-0.39, 0.29) is 24.4 Å². The molecule has 0 amide bonds. The molecular formula is C14H12F2N2O3. The largest absolute Gasteiger partial charge is 0.483 e. The molecule has 0 radical (unpaired) electrons. The van der Waals surface area contributed by atoms with Crippen LogP contribution in [0.5, 0.6) is 5.75 Å². The van der Waals surface area contributed by atoms with Crippen LogP contribution in [0, 0.1) is 21.7 Å². The molecule has 0 aliphatic heterocycles. The third-order valence-corrected chi connectivity index (χ3v) is 2.85. The van der Waals surface area contributed by atoms with E-state index in [0.29, 0.717) is 5.56 Å². The summed E-state index contributed by atoms with van der Waals surface area (Å²) in [6.07, 6.45) is 0. The number of hydrogen-bond donors (Lipinski definition) is 1. The second kappa shape index (κ2) is 6.27. The predicted molar refractivity (Wildman–Crippen MR) is 71.7 cm³/mol. The van der Waals surface area contributed by atoms with E-state index in [1.54, 1.807) is 6.07 Å². The van der Waals surface area contributed by atoms with E-state index in [2.05, 4.69) is 0 Å². The van der Waals surface area contributed by atoms with E-state index in [4.69, 9.17) is 10.5 Å². The Labute approximate surface area is 119 Å². The van der Waals surface area contributed by atoms with Crippen molar-refractivity contribution in [2.24, 2.45) is 5.73 Å². The number of halogens is 2. The second-order valence-electron chi connectivity index (χ2n) is 4.27. The van der Waals surface area contributed by atoms with Crippen LogP contribution in [0.25, 0.3) is 0 Å². The molecule has 0 bridgehead atoms. The standard InChI is InChI=1S/C14H12F2N2O3/c15-11-5-9(7-17)6-12(16)14(11)21-8-10-3-1-2-4-13(10)18(19)20/h1-6H,7-8,17H2. The fourth-order valence-corrected chi connectivity index (χ4v) is 1.83. The molecule has 2 rings (SSSR count). The summed E-state index contributed by atoms with van der Waals surface area (Å²) >= 11 is 0. The molecule has 110 valence electrons. The molecule has 2 aromatic rings. The van der Waals surface area contributed by atoms with Crippen molar-refractivity contribution in [3.05, 3.63) is 69.3 Å². The Morgan fingerprint density at radius 3 is 2.38 bits per heavy atom. The maximum Gasteiger partial charge on any atom is 0.276 e. The van der Waals surface area contributed by atoms with Gasteiger partial charge in [0.15, 0.2) is 17.4 Å². The minimum absolute atomic E-state index is 0.00171. The Morgan fingerprint density at radius 2 is 1.81 bits per heavy atom. The monoisotopic (exact) mass is 294 g/mol. The van der Waals surface area contributed by atoms with Crippen LogP contribution in [-0.2, 0) is 13.2 Å². The maximum absolute atomic E-state index is 13.7. The Kier molecular flexibility index (Phi) is 4.44. The van der Waals surface area contributed by atoms with Gasteiger partial charge in [-0.05, 0) is 23.8 Å². The fourth-order valence-electron chi connectivity index (χ4n) is 1.83. The first-order chi connectivity index (χ1) is 10.0. The number of ether oxygens (including phenoxy) is 1. The molecule has 2 N–H and O–H groups in total. The summed E-state index contributed by atoms with van der Waals surface area (Å²) in [7, 11) is 0. The Balaban J connectivity index is 2.23. The zero-order valence-electron chi connectivity index (χ0n) is 10.9. The predicted octanol–water partition coefficient (Wildman–Crippen LogP) is 2.91. The average molecular weight is 294 g/mol. The quantitative estimate of drug-likeness (QED) is 0.679. The van der Waals surface area contributed by atoms with Crippen molar-refractivity contribution in [1.82, 2.24) is 0 Å². The van der Waals surface area contributed by atoms with Crippen molar-refractivity contribution >= 4 is 5.69 Å². The molecule has 0 aromatic heterocycles. The summed E-state index contributed by atoms with van der Waals surface area (Å²) in [5.74, 6) is -2.37. The maximum atomic E-state index is 13.7. The lowest BCUT2D eigenvalue weighted by molar-refractivity contribution is -0.385. The molecule has 0 aliphatic rings. The lowest BCUT2D eigenvalue weighted by Gasteiger charge is -2.10. The van der Waals surface area contributed by atoms with Crippen molar-refractivity contribution in [2.45, 2.75) is 13.2 Å². The Hall–Kier alpha value is -2.54. The molecule has 7 heteroatoms. The summed E-state index contributed by atoms with van der Waals surface area (Å²) in [6, 6.07) is 7.97. The molecule has 5 nitrogen and oxygen atoms in total. The lowest BCUT2D eigenvalue weighted by atomic mass is 10.2. The van der Waals surface area contributed by atoms with Gasteiger partial charge in [-0.25, -0.2) is 8.78 Å². The first kappa shape index (κ1) is 14.9. The first-order valence-electron chi connectivity index (χ1n) is 6.06. The van der Waals surface area contributed by atoms with Crippen LogP contribution in [0.15, 0.2) is 36.4 Å². The smallest absolute Gasteiger partial charge is 0.276 e. The van der Waals surface area contributed by atoms with Gasteiger partial charge in [0.1, 0.15) is 6.61 Å². The van der Waals surface area contributed by atoms with E-state index >= 15 is 0 Å². The van der Waals surface area contributed by atoms with Crippen molar-refractivity contribution in [3.8, 4) is 5.75 Å². The molecule has 0 heterocycles. The number of nitrogens with two attached hydrogens (primary N) is 1. The van der Waals surface area contributed by atoms with E-state index in [9.17, 15) is 18.9 Å². The number of nitro groups is 1. The Morgan fingerprint density at radius 1 is 1.19 bits per heavy atom. The zero-order valence-corrected chi connectivity index (χ0v) is 10.9. The number of para-hydroxylation sites is 1. The van der Waals surface area contributed by atoms with Crippen LogP contribution in [0.3, 0.4) is 0 Å². The molecule has 2 aromatic carbocycles. The van der Waals surface area contributed by atoms with Crippen LogP contribution in [0.1, 0.15) is 11.1 Å². The van der Waals surface area contributed by atoms with Gasteiger partial charge < -0.3 is 10.5 Å². The third kappa shape index (κ3) is 3.32. The van der Waals surface area contributed by atoms with Gasteiger partial charge in [-0.3, -0.25) is 10.1 Å². The van der Waals surface area contributed by atoms with Gasteiger partial charge in [-0.1, -0.05) is 12.1 Å². The van der Waals surface area contributed by atoms with Crippen LogP contribution in [0.2, 0.25) is 0 Å². The van der Waals surface area contributed by atoms with E-state index < -0.39 is 22.3 Å². The van der Waals surface area contributed by atoms with Crippen LogP contribution < -0.4 is 10.5 Å². The van der Waals surface area contributed by atoms with Gasteiger partial charge in [-0.15, -0.1) is 0 Å². The van der Waals surface area contributed by atoms with Crippen LogP contribution in [-0.4, -0.2) is 4.92 Å². The lowest BCUT2D eigenvalue weighted by Crippen LogP contribution is -2.05. The molecule has 0 atom stereocenters. The normalized spacial score (nSPS) is 10.4. The minimum atomic E-state index is -0.894. The topological polar surface area (TPSA) is 78.4 Å². The SMILES string of the molecule is NCc1cc(F)c(OCc2ccccc2[N+](=O)[O-])c(F)c1. The van der Waals surface area contributed by atoms with Crippen molar-refractivity contribution in [3.63, 3.8) is 0 Å². The highest BCUT2D eigenvalue weighted by molar-refractivity contribution is 5.40. The zero-order chi connectivity index (χ0) is 15.4. The first-order valence-corrected chi connectivity index (χ1v) is 6.06. The van der Waals surface area contributed by atoms with Gasteiger partial charge in [0.25, 0.3) is 5.69 Å². The van der Waals surface area contributed by atoms with Gasteiger partial charge in [-0.2, -0.15) is 0 Å². The Bertz CT molecular complexity index is 654. The van der Waals surface area contributed by atoms with Gasteiger partial charge >= 0.3 is 0 Å². The van der Waals surface area contributed by atoms with Gasteiger partial charge in [0.2, 0.25) is 0 Å². The highest BCUT2D eigenvalue weighted by Gasteiger charge is 2.16. The van der Waals surface area contributed by atoms with Gasteiger partial charge in [0, 0.05) is 12.6 Å². The molecule has 21 heavy (non-hydrogen) atoms. The van der Waals surface area contributed by atoms with Crippen molar-refractivity contribution in [1.29, 1.82) is 0 Å². The number of nitrogens with zero attached hydrogens (tertiary/aromatic N) is 1. The molecule has 0 unspecified atom stereocenters. The van der Waals surface area contributed by atoms with Crippen LogP contribution >= 0.6 is 0 Å². The fraction of sp³-hybridized carbons (Fsp3) is 0.143. The third-order valence-electron chi connectivity index (χ3n) is 2.85. The summed E-state index contributed by atoms with van der Waals surface area (Å²) in [5, 5.41) is 10.8. The van der Waals surface area contributed by atoms with Crippen LogP contribution in [0.4, 0.5) is 14.5 Å². The number of nitro benzene ring substituents is 1. The second-order valence-corrected chi connectivity index (χ2v) is 4.27. The van der Waals surface area contributed by atoms with E-state index in [0.717, 1.165) is 12.1 Å².